The van der Waals surface area contributed by atoms with E-state index in [0.29, 0.717) is 17.1 Å². The number of hydrogen-bond acceptors (Lipinski definition) is 4. The van der Waals surface area contributed by atoms with Gasteiger partial charge in [-0.2, -0.15) is 5.10 Å². The second kappa shape index (κ2) is 6.39. The van der Waals surface area contributed by atoms with Crippen molar-refractivity contribution in [3.8, 4) is 5.69 Å². The summed E-state index contributed by atoms with van der Waals surface area (Å²) in [4.78, 5) is 24.9. The van der Waals surface area contributed by atoms with Gasteiger partial charge in [-0.25, -0.2) is 9.48 Å². The molecule has 7 nitrogen and oxygen atoms in total. The molecule has 2 heterocycles. The molecule has 0 aliphatic carbocycles. The predicted molar refractivity (Wildman–Crippen MR) is 81.9 cm³/mol. The summed E-state index contributed by atoms with van der Waals surface area (Å²) in [6.07, 6.45) is 2.08. The molecule has 8 heteroatoms. The van der Waals surface area contributed by atoms with Gasteiger partial charge in [-0.05, 0) is 24.3 Å². The minimum Gasteiger partial charge on any atom is -0.479 e. The SMILES string of the molecule is O=C(O)[C@@H]1CN(C(=O)c2cnn(-c3ccc(Cl)cc3)c2)CCO1. The lowest BCUT2D eigenvalue weighted by Crippen LogP contribution is -2.48. The van der Waals surface area contributed by atoms with Crippen molar-refractivity contribution in [2.45, 2.75) is 6.10 Å². The number of aliphatic carboxylic acids is 1. The van der Waals surface area contributed by atoms with E-state index in [-0.39, 0.29) is 19.1 Å². The van der Waals surface area contributed by atoms with Crippen LogP contribution < -0.4 is 0 Å². The van der Waals surface area contributed by atoms with Crippen LogP contribution in [-0.4, -0.2) is 57.5 Å². The van der Waals surface area contributed by atoms with E-state index in [1.807, 2.05) is 0 Å². The van der Waals surface area contributed by atoms with E-state index in [9.17, 15) is 9.59 Å². The van der Waals surface area contributed by atoms with Gasteiger partial charge in [-0.15, -0.1) is 0 Å². The Labute approximate surface area is 137 Å². The largest absolute Gasteiger partial charge is 0.479 e. The lowest BCUT2D eigenvalue weighted by molar-refractivity contribution is -0.154. The van der Waals surface area contributed by atoms with Gasteiger partial charge < -0.3 is 14.7 Å². The van der Waals surface area contributed by atoms with Crippen LogP contribution in [0.1, 0.15) is 10.4 Å². The number of carbonyl (C=O) groups is 2. The number of carboxylic acid groups (broad SMARTS) is 1. The summed E-state index contributed by atoms with van der Waals surface area (Å²) in [7, 11) is 0. The van der Waals surface area contributed by atoms with Crippen LogP contribution in [0.25, 0.3) is 5.69 Å². The number of morpholine rings is 1. The van der Waals surface area contributed by atoms with E-state index in [1.165, 1.54) is 11.1 Å². The maximum atomic E-state index is 12.5. The van der Waals surface area contributed by atoms with Crippen molar-refractivity contribution in [1.82, 2.24) is 14.7 Å². The Hall–Kier alpha value is -2.38. The number of carbonyl (C=O) groups excluding carboxylic acids is 1. The van der Waals surface area contributed by atoms with E-state index < -0.39 is 12.1 Å². The van der Waals surface area contributed by atoms with Crippen LogP contribution >= 0.6 is 11.6 Å². The lowest BCUT2D eigenvalue weighted by atomic mass is 10.2. The van der Waals surface area contributed by atoms with E-state index in [2.05, 4.69) is 5.10 Å². The molecule has 0 unspecified atom stereocenters. The molecule has 120 valence electrons. The first-order chi connectivity index (χ1) is 11.0. The molecule has 3 rings (SSSR count). The van der Waals surface area contributed by atoms with E-state index in [1.54, 1.807) is 35.1 Å². The summed E-state index contributed by atoms with van der Waals surface area (Å²) < 4.78 is 6.68. The zero-order valence-electron chi connectivity index (χ0n) is 12.1. The van der Waals surface area contributed by atoms with Crippen molar-refractivity contribution in [2.75, 3.05) is 19.7 Å². The fourth-order valence-corrected chi connectivity index (χ4v) is 2.46. The predicted octanol–water partition coefficient (Wildman–Crippen LogP) is 1.45. The van der Waals surface area contributed by atoms with Gasteiger partial charge in [0.2, 0.25) is 0 Å². The van der Waals surface area contributed by atoms with Gasteiger partial charge >= 0.3 is 5.97 Å². The highest BCUT2D eigenvalue weighted by atomic mass is 35.5. The molecule has 1 aliphatic heterocycles. The molecule has 0 spiro atoms. The van der Waals surface area contributed by atoms with Crippen LogP contribution in [0.4, 0.5) is 0 Å². The van der Waals surface area contributed by atoms with Crippen LogP contribution in [0.5, 0.6) is 0 Å². The molecule has 2 aromatic rings. The van der Waals surface area contributed by atoms with Crippen LogP contribution in [0.15, 0.2) is 36.7 Å². The highest BCUT2D eigenvalue weighted by Gasteiger charge is 2.29. The number of nitrogens with zero attached hydrogens (tertiary/aromatic N) is 3. The van der Waals surface area contributed by atoms with Crippen molar-refractivity contribution in [3.05, 3.63) is 47.2 Å². The second-order valence-corrected chi connectivity index (χ2v) is 5.54. The first-order valence-corrected chi connectivity index (χ1v) is 7.36. The lowest BCUT2D eigenvalue weighted by Gasteiger charge is -2.30. The summed E-state index contributed by atoms with van der Waals surface area (Å²) in [5, 5.41) is 13.8. The second-order valence-electron chi connectivity index (χ2n) is 5.10. The Bertz CT molecular complexity index is 729. The summed E-state index contributed by atoms with van der Waals surface area (Å²) in [5.74, 6) is -1.33. The molecule has 1 aromatic heterocycles. The number of hydrogen-bond donors (Lipinski definition) is 1. The van der Waals surface area contributed by atoms with Crippen molar-refractivity contribution >= 4 is 23.5 Å². The van der Waals surface area contributed by atoms with Crippen LogP contribution in [0, 0.1) is 0 Å². The summed E-state index contributed by atoms with van der Waals surface area (Å²) in [5.41, 5.74) is 1.17. The molecule has 1 saturated heterocycles. The van der Waals surface area contributed by atoms with Crippen LogP contribution in [-0.2, 0) is 9.53 Å². The van der Waals surface area contributed by atoms with Crippen molar-refractivity contribution in [3.63, 3.8) is 0 Å². The number of rotatable bonds is 3. The number of carboxylic acids is 1. The van der Waals surface area contributed by atoms with E-state index in [4.69, 9.17) is 21.4 Å². The monoisotopic (exact) mass is 335 g/mol. The summed E-state index contributed by atoms with van der Waals surface area (Å²) in [6.45, 7) is 0.586. The molecule has 1 aliphatic rings. The minimum atomic E-state index is -1.07. The Balaban J connectivity index is 1.75. The van der Waals surface area contributed by atoms with Crippen LogP contribution in [0.3, 0.4) is 0 Å². The molecule has 0 saturated carbocycles. The summed E-state index contributed by atoms with van der Waals surface area (Å²) >= 11 is 5.85. The number of amides is 1. The van der Waals surface area contributed by atoms with Gasteiger partial charge in [0.25, 0.3) is 5.91 Å². The molecular formula is C15H14ClN3O4. The number of aromatic nitrogens is 2. The van der Waals surface area contributed by atoms with E-state index in [0.717, 1.165) is 5.69 Å². The normalized spacial score (nSPS) is 18.0. The number of ether oxygens (including phenoxy) is 1. The van der Waals surface area contributed by atoms with Crippen molar-refractivity contribution in [1.29, 1.82) is 0 Å². The number of halogens is 1. The Morgan fingerprint density at radius 1 is 1.30 bits per heavy atom. The third-order valence-corrected chi connectivity index (χ3v) is 3.80. The average Bonchev–Trinajstić information content (AvgIpc) is 3.05. The maximum absolute atomic E-state index is 12.5. The fourth-order valence-electron chi connectivity index (χ4n) is 2.33. The zero-order valence-corrected chi connectivity index (χ0v) is 12.8. The molecule has 1 aromatic carbocycles. The average molecular weight is 336 g/mol. The quantitative estimate of drug-likeness (QED) is 0.917. The zero-order chi connectivity index (χ0) is 16.4. The first-order valence-electron chi connectivity index (χ1n) is 6.99. The highest BCUT2D eigenvalue weighted by Crippen LogP contribution is 2.15. The topological polar surface area (TPSA) is 84.7 Å². The minimum absolute atomic E-state index is 0.0281. The Morgan fingerprint density at radius 2 is 2.04 bits per heavy atom. The van der Waals surface area contributed by atoms with Gasteiger partial charge in [0, 0.05) is 17.8 Å². The Kier molecular flexibility index (Phi) is 4.31. The third-order valence-electron chi connectivity index (χ3n) is 3.55. The van der Waals surface area contributed by atoms with Gasteiger partial charge in [-0.3, -0.25) is 4.79 Å². The molecule has 0 radical (unpaired) electrons. The van der Waals surface area contributed by atoms with Crippen molar-refractivity contribution in [2.24, 2.45) is 0 Å². The molecule has 1 atom stereocenters. The highest BCUT2D eigenvalue weighted by molar-refractivity contribution is 6.30. The van der Waals surface area contributed by atoms with Gasteiger partial charge in [0.1, 0.15) is 0 Å². The first kappa shape index (κ1) is 15.5. The molecular weight excluding hydrogens is 322 g/mol. The van der Waals surface area contributed by atoms with E-state index >= 15 is 0 Å². The Morgan fingerprint density at radius 3 is 2.74 bits per heavy atom. The third kappa shape index (κ3) is 3.35. The van der Waals surface area contributed by atoms with Gasteiger partial charge in [0.15, 0.2) is 6.10 Å². The fraction of sp³-hybridized carbons (Fsp3) is 0.267. The maximum Gasteiger partial charge on any atom is 0.334 e. The van der Waals surface area contributed by atoms with Gasteiger partial charge in [-0.1, -0.05) is 11.6 Å². The molecule has 0 bridgehead atoms. The molecule has 1 fully saturated rings. The summed E-state index contributed by atoms with van der Waals surface area (Å²) in [6, 6.07) is 7.05. The molecule has 23 heavy (non-hydrogen) atoms. The molecule has 1 amide bonds. The molecule has 1 N–H and O–H groups in total. The van der Waals surface area contributed by atoms with Crippen molar-refractivity contribution < 1.29 is 19.4 Å². The smallest absolute Gasteiger partial charge is 0.334 e. The van der Waals surface area contributed by atoms with Gasteiger partial charge in [0.05, 0.1) is 30.6 Å². The standard InChI is InChI=1S/C15H14ClN3O4/c16-11-1-3-12(4-2-11)19-8-10(7-17-19)14(20)18-5-6-23-13(9-18)15(21)22/h1-4,7-8,13H,5-6,9H2,(H,21,22)/t13-/m0/s1. The van der Waals surface area contributed by atoms with Crippen LogP contribution in [0.2, 0.25) is 5.02 Å². The number of benzene rings is 1.